The summed E-state index contributed by atoms with van der Waals surface area (Å²) in [6.07, 6.45) is 0. The van der Waals surface area contributed by atoms with E-state index in [-0.39, 0.29) is 17.1 Å². The molecule has 0 unspecified atom stereocenters. The van der Waals surface area contributed by atoms with Gasteiger partial charge in [0.15, 0.2) is 23.9 Å². The van der Waals surface area contributed by atoms with Gasteiger partial charge in [-0.2, -0.15) is 0 Å². The van der Waals surface area contributed by atoms with E-state index >= 15 is 0 Å². The van der Waals surface area contributed by atoms with Gasteiger partial charge in [-0.1, -0.05) is 30.3 Å². The molecule has 136 valence electrons. The van der Waals surface area contributed by atoms with Crippen LogP contribution in [0.25, 0.3) is 10.8 Å². The number of phenols is 1. The summed E-state index contributed by atoms with van der Waals surface area (Å²) in [5.74, 6) is -0.226. The van der Waals surface area contributed by atoms with Gasteiger partial charge in [-0.3, -0.25) is 4.79 Å². The highest BCUT2D eigenvalue weighted by Gasteiger charge is 2.19. The van der Waals surface area contributed by atoms with Gasteiger partial charge in [-0.25, -0.2) is 4.79 Å². The molecule has 27 heavy (non-hydrogen) atoms. The number of aromatic hydroxyl groups is 1. The van der Waals surface area contributed by atoms with Gasteiger partial charge in [0.2, 0.25) is 0 Å². The minimum absolute atomic E-state index is 0.0173. The third-order valence-electron chi connectivity index (χ3n) is 4.32. The van der Waals surface area contributed by atoms with Crippen LogP contribution in [-0.2, 0) is 4.74 Å². The molecule has 0 saturated carbocycles. The summed E-state index contributed by atoms with van der Waals surface area (Å²) in [5, 5.41) is 11.7. The molecule has 0 saturated heterocycles. The maximum absolute atomic E-state index is 12.3. The second-order valence-corrected chi connectivity index (χ2v) is 6.04. The molecule has 0 bridgehead atoms. The molecule has 6 nitrogen and oxygen atoms in total. The Bertz CT molecular complexity index is 1040. The lowest BCUT2D eigenvalue weighted by Gasteiger charge is -2.18. The number of ether oxygens (including phenoxy) is 3. The van der Waals surface area contributed by atoms with E-state index in [9.17, 15) is 14.7 Å². The predicted octanol–water partition coefficient (Wildman–Crippen LogP) is 3.36. The first-order valence-corrected chi connectivity index (χ1v) is 8.44. The summed E-state index contributed by atoms with van der Waals surface area (Å²) in [6, 6.07) is 15.2. The normalized spacial score (nSPS) is 12.6. The number of carbonyl (C=O) groups excluding carboxylic acids is 2. The molecule has 0 fully saturated rings. The molecule has 0 atom stereocenters. The van der Waals surface area contributed by atoms with E-state index in [4.69, 9.17) is 14.2 Å². The van der Waals surface area contributed by atoms with Crippen LogP contribution in [-0.4, -0.2) is 36.7 Å². The van der Waals surface area contributed by atoms with Gasteiger partial charge < -0.3 is 19.3 Å². The van der Waals surface area contributed by atoms with Gasteiger partial charge in [0.25, 0.3) is 0 Å². The van der Waals surface area contributed by atoms with Gasteiger partial charge in [0.1, 0.15) is 24.5 Å². The number of rotatable bonds is 4. The van der Waals surface area contributed by atoms with Crippen molar-refractivity contribution in [3.05, 3.63) is 65.7 Å². The highest BCUT2D eigenvalue weighted by Crippen LogP contribution is 2.31. The molecule has 0 aromatic heterocycles. The van der Waals surface area contributed by atoms with E-state index in [2.05, 4.69) is 0 Å². The van der Waals surface area contributed by atoms with Crippen LogP contribution in [0.15, 0.2) is 54.6 Å². The monoisotopic (exact) mass is 364 g/mol. The lowest BCUT2D eigenvalue weighted by Crippen LogP contribution is -2.17. The van der Waals surface area contributed by atoms with Gasteiger partial charge in [-0.15, -0.1) is 0 Å². The van der Waals surface area contributed by atoms with Crippen molar-refractivity contribution in [1.29, 1.82) is 0 Å². The maximum Gasteiger partial charge on any atom is 0.342 e. The van der Waals surface area contributed by atoms with Crippen LogP contribution in [0.4, 0.5) is 0 Å². The number of hydrogen-bond acceptors (Lipinski definition) is 6. The Morgan fingerprint density at radius 2 is 1.74 bits per heavy atom. The largest absolute Gasteiger partial charge is 0.506 e. The second-order valence-electron chi connectivity index (χ2n) is 6.04. The molecular formula is C21H16O6. The van der Waals surface area contributed by atoms with Crippen LogP contribution >= 0.6 is 0 Å². The number of phenolic OH excluding ortho intramolecular Hbond substituents is 1. The third-order valence-corrected chi connectivity index (χ3v) is 4.32. The van der Waals surface area contributed by atoms with Crippen molar-refractivity contribution in [2.45, 2.75) is 0 Å². The zero-order valence-electron chi connectivity index (χ0n) is 14.3. The molecule has 4 rings (SSSR count). The first kappa shape index (κ1) is 16.9. The Hall–Kier alpha value is -3.54. The summed E-state index contributed by atoms with van der Waals surface area (Å²) in [7, 11) is 0. The highest BCUT2D eigenvalue weighted by atomic mass is 16.6. The van der Waals surface area contributed by atoms with Crippen molar-refractivity contribution in [1.82, 2.24) is 0 Å². The van der Waals surface area contributed by atoms with Crippen molar-refractivity contribution in [2.24, 2.45) is 0 Å². The molecular weight excluding hydrogens is 348 g/mol. The first-order chi connectivity index (χ1) is 13.1. The average Bonchev–Trinajstić information content (AvgIpc) is 2.72. The molecule has 0 amide bonds. The molecule has 1 heterocycles. The molecule has 1 N–H and O–H groups in total. The van der Waals surface area contributed by atoms with E-state index < -0.39 is 12.6 Å². The zero-order chi connectivity index (χ0) is 18.8. The number of fused-ring (bicyclic) bond motifs is 2. The van der Waals surface area contributed by atoms with Crippen molar-refractivity contribution < 1.29 is 28.9 Å². The van der Waals surface area contributed by atoms with E-state index in [0.29, 0.717) is 35.7 Å². The number of Topliss-reactive ketones (excluding diaryl/α,β-unsaturated/α-hetero) is 1. The number of ketones is 1. The Kier molecular flexibility index (Phi) is 4.38. The second kappa shape index (κ2) is 6.99. The van der Waals surface area contributed by atoms with Crippen molar-refractivity contribution in [3.63, 3.8) is 0 Å². The number of benzene rings is 3. The Labute approximate surface area is 154 Å². The van der Waals surface area contributed by atoms with Gasteiger partial charge in [0, 0.05) is 10.9 Å². The van der Waals surface area contributed by atoms with E-state index in [0.717, 1.165) is 5.39 Å². The van der Waals surface area contributed by atoms with E-state index in [1.807, 2.05) is 12.1 Å². The zero-order valence-corrected chi connectivity index (χ0v) is 14.3. The summed E-state index contributed by atoms with van der Waals surface area (Å²) < 4.78 is 16.0. The van der Waals surface area contributed by atoms with Gasteiger partial charge in [-0.05, 0) is 29.7 Å². The van der Waals surface area contributed by atoms with Crippen LogP contribution < -0.4 is 9.47 Å². The lowest BCUT2D eigenvalue weighted by atomic mass is 10.1. The number of hydrogen-bond donors (Lipinski definition) is 1. The van der Waals surface area contributed by atoms with Crippen LogP contribution in [0, 0.1) is 0 Å². The SMILES string of the molecule is O=C(COC(=O)c1ccc2ccccc2c1O)c1ccc2c(c1)OCCO2. The van der Waals surface area contributed by atoms with Crippen LogP contribution in [0.5, 0.6) is 17.2 Å². The van der Waals surface area contributed by atoms with E-state index in [1.165, 1.54) is 6.07 Å². The van der Waals surface area contributed by atoms with Crippen LogP contribution in [0.1, 0.15) is 20.7 Å². The smallest absolute Gasteiger partial charge is 0.342 e. The Morgan fingerprint density at radius 3 is 2.59 bits per heavy atom. The highest BCUT2D eigenvalue weighted by molar-refractivity contribution is 6.03. The molecule has 0 aliphatic carbocycles. The van der Waals surface area contributed by atoms with E-state index in [1.54, 1.807) is 36.4 Å². The molecule has 6 heteroatoms. The molecule has 1 aliphatic heterocycles. The van der Waals surface area contributed by atoms with Gasteiger partial charge in [0.05, 0.1) is 0 Å². The molecule has 0 spiro atoms. The summed E-state index contributed by atoms with van der Waals surface area (Å²) in [6.45, 7) is 0.443. The summed E-state index contributed by atoms with van der Waals surface area (Å²) in [4.78, 5) is 24.6. The first-order valence-electron chi connectivity index (χ1n) is 8.44. The van der Waals surface area contributed by atoms with Gasteiger partial charge >= 0.3 is 5.97 Å². The Morgan fingerprint density at radius 1 is 0.963 bits per heavy atom. The quantitative estimate of drug-likeness (QED) is 0.565. The standard InChI is InChI=1S/C21H16O6/c22-17(14-6-8-18-19(11-14)26-10-9-25-18)12-27-21(24)16-7-5-13-3-1-2-4-15(13)20(16)23/h1-8,11,23H,9-10,12H2. The fourth-order valence-corrected chi connectivity index (χ4v) is 2.93. The predicted molar refractivity (Wildman–Crippen MR) is 97.7 cm³/mol. The summed E-state index contributed by atoms with van der Waals surface area (Å²) >= 11 is 0. The van der Waals surface area contributed by atoms with Crippen molar-refractivity contribution >= 4 is 22.5 Å². The molecule has 1 aliphatic rings. The molecule has 3 aromatic carbocycles. The van der Waals surface area contributed by atoms with Crippen molar-refractivity contribution in [2.75, 3.05) is 19.8 Å². The topological polar surface area (TPSA) is 82.1 Å². The number of carbonyl (C=O) groups is 2. The average molecular weight is 364 g/mol. The van der Waals surface area contributed by atoms with Crippen LogP contribution in [0.3, 0.4) is 0 Å². The maximum atomic E-state index is 12.3. The number of esters is 1. The molecule has 0 radical (unpaired) electrons. The minimum atomic E-state index is -0.760. The van der Waals surface area contributed by atoms with Crippen LogP contribution in [0.2, 0.25) is 0 Å². The summed E-state index contributed by atoms with van der Waals surface area (Å²) in [5.41, 5.74) is 0.374. The minimum Gasteiger partial charge on any atom is -0.506 e. The molecule has 3 aromatic rings. The Balaban J connectivity index is 1.48. The third kappa shape index (κ3) is 3.29. The fraction of sp³-hybridized carbons (Fsp3) is 0.143. The fourth-order valence-electron chi connectivity index (χ4n) is 2.93. The lowest BCUT2D eigenvalue weighted by molar-refractivity contribution is 0.0472. The van der Waals surface area contributed by atoms with Crippen molar-refractivity contribution in [3.8, 4) is 17.2 Å².